The van der Waals surface area contributed by atoms with E-state index in [2.05, 4.69) is 27.7 Å². The van der Waals surface area contributed by atoms with E-state index < -0.39 is 5.97 Å². The van der Waals surface area contributed by atoms with Crippen LogP contribution in [0.1, 0.15) is 86.0 Å². The summed E-state index contributed by atoms with van der Waals surface area (Å²) in [6.45, 7) is 16.8. The summed E-state index contributed by atoms with van der Waals surface area (Å²) in [5.74, 6) is -1.16. The van der Waals surface area contributed by atoms with Crippen LogP contribution >= 0.6 is 0 Å². The molecule has 0 N–H and O–H groups in total. The van der Waals surface area contributed by atoms with E-state index in [1.165, 1.54) is 88.1 Å². The Morgan fingerprint density at radius 2 is 1.12 bits per heavy atom. The minimum atomic E-state index is -1.16. The van der Waals surface area contributed by atoms with Gasteiger partial charge in [0.15, 0.2) is 0 Å². The lowest BCUT2D eigenvalue weighted by molar-refractivity contribution is -0.929. The summed E-state index contributed by atoms with van der Waals surface area (Å²) in [6, 6.07) is 0. The molecule has 0 unspecified atom stereocenters. The number of allylic oxidation sites excluding steroid dienone is 3. The highest BCUT2D eigenvalue weighted by atomic mass is 16.4. The lowest BCUT2D eigenvalue weighted by Crippen LogP contribution is -2.50. The fourth-order valence-corrected chi connectivity index (χ4v) is 2.89. The van der Waals surface area contributed by atoms with Crippen LogP contribution in [0.3, 0.4) is 0 Å². The minimum Gasteiger partial charge on any atom is -0.545 e. The molecule has 0 aromatic heterocycles. The predicted octanol–water partition coefficient (Wildman–Crippen LogP) is 4.87. The normalized spacial score (nSPS) is 11.7. The number of carbonyl (C=O) groups is 1. The fourth-order valence-electron chi connectivity index (χ4n) is 2.89. The molecule has 0 amide bonds. The third-order valence-electron chi connectivity index (χ3n) is 4.48. The molecule has 0 bridgehead atoms. The Balaban J connectivity index is 0. The van der Waals surface area contributed by atoms with Gasteiger partial charge >= 0.3 is 0 Å². The molecule has 0 rings (SSSR count). The Hall–Kier alpha value is -1.09. The molecule has 0 heterocycles. The number of nitrogens with zero attached hydrogens (tertiary/aromatic N) is 1. The van der Waals surface area contributed by atoms with Crippen LogP contribution < -0.4 is 5.11 Å². The van der Waals surface area contributed by atoms with Gasteiger partial charge in [-0.25, -0.2) is 0 Å². The molecule has 0 fully saturated rings. The Kier molecular flexibility index (Phi) is 20.1. The number of hydrogen-bond donors (Lipinski definition) is 0. The lowest BCUT2D eigenvalue weighted by atomic mass is 10.1. The lowest BCUT2D eigenvalue weighted by Gasteiger charge is -2.39. The number of aliphatic carboxylic acids is 1. The SMILES string of the molecule is C/C=C/C=C/C(=O)[O-].CCCC[N+](CCCC)(CCCC)CCCC. The minimum absolute atomic E-state index is 0.972. The van der Waals surface area contributed by atoms with Crippen molar-refractivity contribution in [2.24, 2.45) is 0 Å². The molecule has 3 nitrogen and oxygen atoms in total. The van der Waals surface area contributed by atoms with Gasteiger partial charge in [0.1, 0.15) is 0 Å². The zero-order chi connectivity index (χ0) is 19.4. The van der Waals surface area contributed by atoms with Crippen LogP contribution in [0, 0.1) is 0 Å². The second-order valence-corrected chi connectivity index (χ2v) is 6.85. The van der Waals surface area contributed by atoms with E-state index in [-0.39, 0.29) is 0 Å². The number of carbonyl (C=O) groups excluding carboxylic acids is 1. The van der Waals surface area contributed by atoms with Crippen molar-refractivity contribution in [2.45, 2.75) is 86.0 Å². The van der Waals surface area contributed by atoms with Crippen molar-refractivity contribution in [1.29, 1.82) is 0 Å². The fraction of sp³-hybridized carbons (Fsp3) is 0.773. The zero-order valence-corrected chi connectivity index (χ0v) is 17.6. The number of hydrogen-bond acceptors (Lipinski definition) is 2. The number of quaternary nitrogens is 1. The molecule has 0 aliphatic heterocycles. The van der Waals surface area contributed by atoms with Crippen LogP contribution in [-0.4, -0.2) is 36.6 Å². The van der Waals surface area contributed by atoms with Crippen molar-refractivity contribution in [3.63, 3.8) is 0 Å². The molecule has 0 aromatic carbocycles. The largest absolute Gasteiger partial charge is 0.545 e. The number of unbranched alkanes of at least 4 members (excludes halogenated alkanes) is 4. The average molecular weight is 354 g/mol. The summed E-state index contributed by atoms with van der Waals surface area (Å²) in [5.41, 5.74) is 0. The molecule has 0 spiro atoms. The zero-order valence-electron chi connectivity index (χ0n) is 17.6. The van der Waals surface area contributed by atoms with Crippen LogP contribution in [0.15, 0.2) is 24.3 Å². The van der Waals surface area contributed by atoms with Crippen molar-refractivity contribution in [3.8, 4) is 0 Å². The van der Waals surface area contributed by atoms with Gasteiger partial charge in [-0.2, -0.15) is 0 Å². The Bertz CT molecular complexity index is 310. The average Bonchev–Trinajstić information content (AvgIpc) is 2.61. The summed E-state index contributed by atoms with van der Waals surface area (Å²) in [5, 5.41) is 9.64. The summed E-state index contributed by atoms with van der Waals surface area (Å²) in [6.07, 6.45) is 16.8. The molecular weight excluding hydrogens is 310 g/mol. The highest BCUT2D eigenvalue weighted by Gasteiger charge is 2.24. The molecule has 0 aromatic rings. The first kappa shape index (κ1) is 26.1. The van der Waals surface area contributed by atoms with Crippen LogP contribution in [0.5, 0.6) is 0 Å². The van der Waals surface area contributed by atoms with Crippen LogP contribution in [0.25, 0.3) is 0 Å². The maximum Gasteiger partial charge on any atom is 0.0786 e. The Morgan fingerprint density at radius 3 is 1.36 bits per heavy atom. The molecule has 3 heteroatoms. The number of carboxylic acid groups (broad SMARTS) is 1. The quantitative estimate of drug-likeness (QED) is 0.254. The maximum atomic E-state index is 9.64. The van der Waals surface area contributed by atoms with E-state index in [1.54, 1.807) is 19.1 Å². The number of rotatable bonds is 14. The molecular formula is C22H43NO2. The standard InChI is InChI=1S/C16H36N.C6H8O2/c1-5-9-13-17(14-10-6-2,15-11-7-3)16-12-8-4;1-2-3-4-5-6(7)8/h5-16H2,1-4H3;2-5H,1H3,(H,7,8)/q+1;/p-1/b;3-2+,5-4+. The first-order valence-electron chi connectivity index (χ1n) is 10.4. The van der Waals surface area contributed by atoms with Crippen molar-refractivity contribution < 1.29 is 14.4 Å². The summed E-state index contributed by atoms with van der Waals surface area (Å²) >= 11 is 0. The van der Waals surface area contributed by atoms with Gasteiger partial charge in [0, 0.05) is 0 Å². The molecule has 0 saturated heterocycles. The predicted molar refractivity (Wildman–Crippen MR) is 108 cm³/mol. The van der Waals surface area contributed by atoms with Gasteiger partial charge in [-0.15, -0.1) is 0 Å². The van der Waals surface area contributed by atoms with E-state index in [0.29, 0.717) is 0 Å². The monoisotopic (exact) mass is 353 g/mol. The van der Waals surface area contributed by atoms with Crippen molar-refractivity contribution in [2.75, 3.05) is 26.2 Å². The van der Waals surface area contributed by atoms with Gasteiger partial charge in [0.2, 0.25) is 0 Å². The van der Waals surface area contributed by atoms with Crippen LogP contribution in [0.2, 0.25) is 0 Å². The van der Waals surface area contributed by atoms with E-state index in [4.69, 9.17) is 0 Å². The molecule has 0 aliphatic rings. The molecule has 0 aliphatic carbocycles. The third-order valence-corrected chi connectivity index (χ3v) is 4.48. The van der Waals surface area contributed by atoms with Gasteiger partial charge in [-0.3, -0.25) is 0 Å². The molecule has 25 heavy (non-hydrogen) atoms. The first-order valence-corrected chi connectivity index (χ1v) is 10.4. The second kappa shape index (κ2) is 19.2. The van der Waals surface area contributed by atoms with Crippen molar-refractivity contribution in [3.05, 3.63) is 24.3 Å². The van der Waals surface area contributed by atoms with Gasteiger partial charge in [-0.05, 0) is 38.7 Å². The van der Waals surface area contributed by atoms with Crippen LogP contribution in [-0.2, 0) is 4.79 Å². The van der Waals surface area contributed by atoms with Crippen LogP contribution in [0.4, 0.5) is 0 Å². The first-order chi connectivity index (χ1) is 12.0. The van der Waals surface area contributed by atoms with Gasteiger partial charge in [-0.1, -0.05) is 71.6 Å². The van der Waals surface area contributed by atoms with Gasteiger partial charge in [0.05, 0.1) is 32.1 Å². The van der Waals surface area contributed by atoms with E-state index >= 15 is 0 Å². The Morgan fingerprint density at radius 1 is 0.760 bits per heavy atom. The third kappa shape index (κ3) is 17.5. The molecule has 0 atom stereocenters. The number of carboxylic acids is 1. The highest BCUT2D eigenvalue weighted by molar-refractivity contribution is 5.77. The summed E-state index contributed by atoms with van der Waals surface area (Å²) in [7, 11) is 0. The topological polar surface area (TPSA) is 40.1 Å². The van der Waals surface area contributed by atoms with Gasteiger partial charge in [0.25, 0.3) is 0 Å². The van der Waals surface area contributed by atoms with E-state index in [0.717, 1.165) is 6.08 Å². The maximum absolute atomic E-state index is 9.64. The molecule has 0 radical (unpaired) electrons. The van der Waals surface area contributed by atoms with E-state index in [9.17, 15) is 9.90 Å². The summed E-state index contributed by atoms with van der Waals surface area (Å²) in [4.78, 5) is 9.64. The van der Waals surface area contributed by atoms with E-state index in [1.807, 2.05) is 0 Å². The van der Waals surface area contributed by atoms with Crippen molar-refractivity contribution in [1.82, 2.24) is 0 Å². The smallest absolute Gasteiger partial charge is 0.0786 e. The highest BCUT2D eigenvalue weighted by Crippen LogP contribution is 2.16. The molecule has 0 saturated carbocycles. The van der Waals surface area contributed by atoms with Crippen molar-refractivity contribution >= 4 is 5.97 Å². The van der Waals surface area contributed by atoms with Gasteiger partial charge < -0.3 is 14.4 Å². The summed E-state index contributed by atoms with van der Waals surface area (Å²) < 4.78 is 1.42. The Labute approximate surface area is 157 Å². The second-order valence-electron chi connectivity index (χ2n) is 6.85. The molecule has 148 valence electrons.